The van der Waals surface area contributed by atoms with E-state index >= 15 is 0 Å². The number of hydrogen-bond donors (Lipinski definition) is 2. The minimum atomic E-state index is -0.762. The summed E-state index contributed by atoms with van der Waals surface area (Å²) in [5.41, 5.74) is 2.35. The summed E-state index contributed by atoms with van der Waals surface area (Å²) in [5, 5.41) is 8.48. The van der Waals surface area contributed by atoms with E-state index in [0.29, 0.717) is 11.5 Å². The standard InChI is InChI=1S/C20H18IN3O4/c1-13(20(26)24-22-11-17-8-9-18(21)28-17)23-19(25)12-27-16-7-6-14-4-2-3-5-15(14)10-16/h2-11,13H,12H2,1H3,(H,23,25)(H,24,26)/b22-11-/t13-/m1/s1. The average Bonchev–Trinajstić information content (AvgIpc) is 3.11. The molecule has 0 bridgehead atoms. The van der Waals surface area contributed by atoms with Crippen molar-refractivity contribution in [3.8, 4) is 5.75 Å². The van der Waals surface area contributed by atoms with E-state index in [1.54, 1.807) is 25.1 Å². The molecule has 0 aliphatic heterocycles. The smallest absolute Gasteiger partial charge is 0.262 e. The number of nitrogens with zero attached hydrogens (tertiary/aromatic N) is 1. The first kappa shape index (κ1) is 19.9. The molecule has 0 saturated heterocycles. The Morgan fingerprint density at radius 3 is 2.71 bits per heavy atom. The van der Waals surface area contributed by atoms with Crippen LogP contribution in [0.2, 0.25) is 0 Å². The lowest BCUT2D eigenvalue weighted by molar-refractivity contribution is -0.129. The minimum absolute atomic E-state index is 0.190. The highest BCUT2D eigenvalue weighted by Gasteiger charge is 2.15. The van der Waals surface area contributed by atoms with Crippen molar-refractivity contribution in [1.82, 2.24) is 10.7 Å². The normalized spacial score (nSPS) is 12.1. The molecule has 28 heavy (non-hydrogen) atoms. The molecule has 0 unspecified atom stereocenters. The van der Waals surface area contributed by atoms with Crippen molar-refractivity contribution in [2.75, 3.05) is 6.61 Å². The Hall–Kier alpha value is -2.88. The van der Waals surface area contributed by atoms with Gasteiger partial charge in [0.2, 0.25) is 0 Å². The van der Waals surface area contributed by atoms with Gasteiger partial charge in [0.15, 0.2) is 10.4 Å². The molecule has 3 rings (SSSR count). The summed E-state index contributed by atoms with van der Waals surface area (Å²) in [6.45, 7) is 1.37. The molecule has 1 aromatic heterocycles. The predicted molar refractivity (Wildman–Crippen MR) is 114 cm³/mol. The van der Waals surface area contributed by atoms with Gasteiger partial charge in [-0.3, -0.25) is 9.59 Å². The Morgan fingerprint density at radius 2 is 1.96 bits per heavy atom. The zero-order chi connectivity index (χ0) is 19.9. The average molecular weight is 491 g/mol. The van der Waals surface area contributed by atoms with Gasteiger partial charge >= 0.3 is 0 Å². The molecule has 2 aromatic carbocycles. The number of hydrogen-bond acceptors (Lipinski definition) is 5. The largest absolute Gasteiger partial charge is 0.484 e. The van der Waals surface area contributed by atoms with E-state index in [9.17, 15) is 9.59 Å². The lowest BCUT2D eigenvalue weighted by atomic mass is 10.1. The Labute approximate surface area is 175 Å². The first-order valence-electron chi connectivity index (χ1n) is 8.50. The van der Waals surface area contributed by atoms with Crippen LogP contribution in [-0.2, 0) is 9.59 Å². The van der Waals surface area contributed by atoms with Gasteiger partial charge in [0.1, 0.15) is 17.6 Å². The first-order valence-corrected chi connectivity index (χ1v) is 9.58. The van der Waals surface area contributed by atoms with Gasteiger partial charge in [0.05, 0.1) is 6.21 Å². The summed E-state index contributed by atoms with van der Waals surface area (Å²) in [6.07, 6.45) is 1.39. The van der Waals surface area contributed by atoms with E-state index in [2.05, 4.69) is 15.8 Å². The maximum absolute atomic E-state index is 12.0. The van der Waals surface area contributed by atoms with E-state index in [0.717, 1.165) is 14.5 Å². The third-order valence-corrected chi connectivity index (χ3v) is 4.40. The molecule has 144 valence electrons. The monoisotopic (exact) mass is 491 g/mol. The maximum Gasteiger partial charge on any atom is 0.262 e. The highest BCUT2D eigenvalue weighted by Crippen LogP contribution is 2.20. The third kappa shape index (κ3) is 5.56. The highest BCUT2D eigenvalue weighted by molar-refractivity contribution is 14.1. The van der Waals surface area contributed by atoms with Gasteiger partial charge in [-0.05, 0) is 64.6 Å². The van der Waals surface area contributed by atoms with Crippen LogP contribution in [-0.4, -0.2) is 30.7 Å². The number of benzene rings is 2. The number of ether oxygens (including phenoxy) is 1. The van der Waals surface area contributed by atoms with Crippen molar-refractivity contribution < 1.29 is 18.7 Å². The van der Waals surface area contributed by atoms with Crippen LogP contribution in [0.25, 0.3) is 10.8 Å². The second kappa shape index (κ2) is 9.36. The molecular formula is C20H18IN3O4. The molecule has 0 saturated carbocycles. The van der Waals surface area contributed by atoms with Crippen molar-refractivity contribution >= 4 is 51.4 Å². The summed E-state index contributed by atoms with van der Waals surface area (Å²) in [5.74, 6) is 0.255. The van der Waals surface area contributed by atoms with Crippen molar-refractivity contribution in [2.45, 2.75) is 13.0 Å². The lowest BCUT2D eigenvalue weighted by Crippen LogP contribution is -2.45. The number of rotatable bonds is 7. The number of amides is 2. The Kier molecular flexibility index (Phi) is 6.64. The molecule has 0 spiro atoms. The zero-order valence-corrected chi connectivity index (χ0v) is 17.2. The molecule has 8 heteroatoms. The fourth-order valence-corrected chi connectivity index (χ4v) is 2.84. The van der Waals surface area contributed by atoms with Gasteiger partial charge in [0.25, 0.3) is 11.8 Å². The molecule has 0 aliphatic carbocycles. The van der Waals surface area contributed by atoms with Gasteiger partial charge in [-0.2, -0.15) is 5.10 Å². The number of carbonyl (C=O) groups is 2. The number of hydrazone groups is 1. The Morgan fingerprint density at radius 1 is 1.18 bits per heavy atom. The number of fused-ring (bicyclic) bond motifs is 1. The maximum atomic E-state index is 12.0. The number of halogens is 1. The zero-order valence-electron chi connectivity index (χ0n) is 15.0. The molecule has 0 fully saturated rings. The first-order chi connectivity index (χ1) is 13.5. The fraction of sp³-hybridized carbons (Fsp3) is 0.150. The number of furan rings is 1. The molecule has 1 atom stereocenters. The summed E-state index contributed by atoms with van der Waals surface area (Å²) in [4.78, 5) is 24.0. The quantitative estimate of drug-likeness (QED) is 0.302. The van der Waals surface area contributed by atoms with Crippen LogP contribution in [0, 0.1) is 3.77 Å². The highest BCUT2D eigenvalue weighted by atomic mass is 127. The molecule has 2 amide bonds. The predicted octanol–water partition coefficient (Wildman–Crippen LogP) is 3.07. The summed E-state index contributed by atoms with van der Waals surface area (Å²) in [6, 6.07) is 16.2. The van der Waals surface area contributed by atoms with Crippen LogP contribution >= 0.6 is 22.6 Å². The minimum Gasteiger partial charge on any atom is -0.484 e. The third-order valence-electron chi connectivity index (χ3n) is 3.82. The Balaban J connectivity index is 1.45. The van der Waals surface area contributed by atoms with Crippen molar-refractivity contribution in [1.29, 1.82) is 0 Å². The van der Waals surface area contributed by atoms with Crippen LogP contribution in [0.3, 0.4) is 0 Å². The molecule has 3 aromatic rings. The molecule has 2 N–H and O–H groups in total. The summed E-state index contributed by atoms with van der Waals surface area (Å²) in [7, 11) is 0. The Bertz CT molecular complexity index is 1020. The molecule has 0 aliphatic rings. The van der Waals surface area contributed by atoms with Gasteiger partial charge in [0, 0.05) is 0 Å². The van der Waals surface area contributed by atoms with Gasteiger partial charge in [-0.25, -0.2) is 5.43 Å². The topological polar surface area (TPSA) is 92.9 Å². The van der Waals surface area contributed by atoms with Crippen molar-refractivity contribution in [2.24, 2.45) is 5.10 Å². The second-order valence-electron chi connectivity index (χ2n) is 5.96. The fourth-order valence-electron chi connectivity index (χ4n) is 2.41. The SMILES string of the molecule is C[C@@H](NC(=O)COc1ccc2ccccc2c1)C(=O)N/N=C\c1ccc(I)o1. The molecule has 1 heterocycles. The van der Waals surface area contributed by atoms with E-state index < -0.39 is 17.9 Å². The van der Waals surface area contributed by atoms with Gasteiger partial charge in [-0.15, -0.1) is 0 Å². The van der Waals surface area contributed by atoms with Crippen LogP contribution in [0.1, 0.15) is 12.7 Å². The van der Waals surface area contributed by atoms with E-state index in [1.807, 2.05) is 59.0 Å². The van der Waals surface area contributed by atoms with E-state index in [-0.39, 0.29) is 6.61 Å². The van der Waals surface area contributed by atoms with Crippen molar-refractivity contribution in [3.63, 3.8) is 0 Å². The van der Waals surface area contributed by atoms with Crippen LogP contribution in [0.4, 0.5) is 0 Å². The van der Waals surface area contributed by atoms with Crippen molar-refractivity contribution in [3.05, 3.63) is 64.1 Å². The number of nitrogens with one attached hydrogen (secondary N) is 2. The molecule has 0 radical (unpaired) electrons. The van der Waals surface area contributed by atoms with E-state index in [4.69, 9.17) is 9.15 Å². The van der Waals surface area contributed by atoms with E-state index in [1.165, 1.54) is 6.21 Å². The molecule has 7 nitrogen and oxygen atoms in total. The summed E-state index contributed by atoms with van der Waals surface area (Å²) < 4.78 is 11.5. The van der Waals surface area contributed by atoms with Gasteiger partial charge in [-0.1, -0.05) is 30.3 Å². The molecular weight excluding hydrogens is 473 g/mol. The van der Waals surface area contributed by atoms with Crippen LogP contribution in [0.15, 0.2) is 64.1 Å². The second-order valence-corrected chi connectivity index (χ2v) is 7.03. The van der Waals surface area contributed by atoms with Crippen LogP contribution in [0.5, 0.6) is 5.75 Å². The summed E-state index contributed by atoms with van der Waals surface area (Å²) >= 11 is 2.03. The number of carbonyl (C=O) groups excluding carboxylic acids is 2. The van der Waals surface area contributed by atoms with Gasteiger partial charge < -0.3 is 14.5 Å². The van der Waals surface area contributed by atoms with Crippen LogP contribution < -0.4 is 15.5 Å². The lowest BCUT2D eigenvalue weighted by Gasteiger charge is -2.13.